The summed E-state index contributed by atoms with van der Waals surface area (Å²) in [5.74, 6) is -1.50. The van der Waals surface area contributed by atoms with Crippen LogP contribution in [-0.2, 0) is 27.3 Å². The Bertz CT molecular complexity index is 1490. The second-order valence-electron chi connectivity index (χ2n) is 8.92. The topological polar surface area (TPSA) is 185 Å². The van der Waals surface area contributed by atoms with Gasteiger partial charge in [0.15, 0.2) is 6.61 Å². The van der Waals surface area contributed by atoms with Crippen LogP contribution in [0.3, 0.4) is 0 Å². The van der Waals surface area contributed by atoms with Crippen molar-refractivity contribution in [2.24, 2.45) is 5.73 Å². The van der Waals surface area contributed by atoms with Crippen molar-refractivity contribution >= 4 is 50.9 Å². The van der Waals surface area contributed by atoms with E-state index < -0.39 is 17.4 Å². The maximum Gasteiger partial charge on any atom is 0.287 e. The molecule has 12 nitrogen and oxygen atoms in total. The van der Waals surface area contributed by atoms with Gasteiger partial charge < -0.3 is 31.4 Å². The Hall–Kier alpha value is -4.26. The number of nitrogens with one attached hydrogen (secondary N) is 4. The first kappa shape index (κ1) is 24.4. The van der Waals surface area contributed by atoms with Gasteiger partial charge in [0.1, 0.15) is 10.6 Å². The Balaban J connectivity index is 1.33. The number of hydrogen-bond acceptors (Lipinski definition) is 8. The standard InChI is InChI=1S/C24H24N6O6S/c25-16(31)9-26-17(32)7-12-2-1-3-15-19(12)20-22(34)29-21(30-24(20)37-15)23(35)27-8-11-4-5-14-13(6-11)28-18(33)10-36-14/h4-6,12H,1-3,7-10H2,(H2,25,31)(H,26,32)(H,27,35)(H,28,33)(H,29,30,34). The first-order valence-electron chi connectivity index (χ1n) is 11.7. The van der Waals surface area contributed by atoms with Crippen LogP contribution in [0.2, 0.25) is 0 Å². The lowest BCUT2D eigenvalue weighted by molar-refractivity contribution is -0.125. The van der Waals surface area contributed by atoms with Crippen molar-refractivity contribution in [2.45, 2.75) is 38.1 Å². The molecule has 3 heterocycles. The fraction of sp³-hybridized carbons (Fsp3) is 0.333. The van der Waals surface area contributed by atoms with E-state index in [0.29, 0.717) is 21.7 Å². The fourth-order valence-corrected chi connectivity index (χ4v) is 5.95. The van der Waals surface area contributed by atoms with Gasteiger partial charge in [0.05, 0.1) is 17.6 Å². The number of aryl methyl sites for hydroxylation is 1. The molecule has 3 aromatic rings. The Morgan fingerprint density at radius 2 is 2.05 bits per heavy atom. The summed E-state index contributed by atoms with van der Waals surface area (Å²) in [5.41, 5.74) is 6.70. The number of carbonyl (C=O) groups is 4. The van der Waals surface area contributed by atoms with Gasteiger partial charge in [-0.1, -0.05) is 6.07 Å². The number of aromatic amines is 1. The molecule has 2 aromatic heterocycles. The maximum absolute atomic E-state index is 13.1. The van der Waals surface area contributed by atoms with Crippen LogP contribution in [0.25, 0.3) is 10.2 Å². The average molecular weight is 525 g/mol. The second-order valence-corrected chi connectivity index (χ2v) is 10.0. The first-order valence-corrected chi connectivity index (χ1v) is 12.5. The van der Waals surface area contributed by atoms with E-state index in [4.69, 9.17) is 10.5 Å². The molecular weight excluding hydrogens is 500 g/mol. The molecule has 0 spiro atoms. The molecule has 0 radical (unpaired) electrons. The molecule has 5 rings (SSSR count). The van der Waals surface area contributed by atoms with Gasteiger partial charge in [-0.25, -0.2) is 4.98 Å². The van der Waals surface area contributed by atoms with Crippen LogP contribution >= 0.6 is 11.3 Å². The number of ether oxygens (including phenoxy) is 1. The van der Waals surface area contributed by atoms with E-state index in [1.54, 1.807) is 18.2 Å². The summed E-state index contributed by atoms with van der Waals surface area (Å²) in [6.45, 7) is -0.135. The molecule has 2 aliphatic rings. The molecule has 13 heteroatoms. The minimum atomic E-state index is -0.627. The zero-order chi connectivity index (χ0) is 26.1. The number of amides is 4. The van der Waals surface area contributed by atoms with Crippen LogP contribution in [0.5, 0.6) is 5.75 Å². The molecule has 1 aliphatic heterocycles. The number of primary amides is 1. The number of hydrogen-bond donors (Lipinski definition) is 5. The summed E-state index contributed by atoms with van der Waals surface area (Å²) in [6, 6.07) is 5.19. The van der Waals surface area contributed by atoms with E-state index in [1.807, 2.05) is 0 Å². The Kier molecular flexibility index (Phi) is 6.61. The lowest BCUT2D eigenvalue weighted by atomic mass is 9.84. The van der Waals surface area contributed by atoms with E-state index in [-0.39, 0.29) is 49.7 Å². The largest absolute Gasteiger partial charge is 0.482 e. The molecule has 1 atom stereocenters. The number of rotatable bonds is 7. The second kappa shape index (κ2) is 10.0. The third-order valence-electron chi connectivity index (χ3n) is 6.28. The van der Waals surface area contributed by atoms with Gasteiger partial charge in [-0.2, -0.15) is 0 Å². The lowest BCUT2D eigenvalue weighted by Crippen LogP contribution is -2.34. The minimum absolute atomic E-state index is 0.0417. The average Bonchev–Trinajstić information content (AvgIpc) is 3.26. The number of benzene rings is 1. The number of nitrogens with two attached hydrogens (primary N) is 1. The lowest BCUT2D eigenvalue weighted by Gasteiger charge is -2.22. The number of aromatic nitrogens is 2. The van der Waals surface area contributed by atoms with Gasteiger partial charge in [0.2, 0.25) is 17.6 Å². The highest BCUT2D eigenvalue weighted by molar-refractivity contribution is 7.18. The van der Waals surface area contributed by atoms with E-state index in [2.05, 4.69) is 25.9 Å². The number of carbonyl (C=O) groups excluding carboxylic acids is 4. The zero-order valence-electron chi connectivity index (χ0n) is 19.6. The van der Waals surface area contributed by atoms with Crippen LogP contribution < -0.4 is 32.0 Å². The van der Waals surface area contributed by atoms with Crippen LogP contribution in [0.4, 0.5) is 5.69 Å². The number of anilines is 1. The highest BCUT2D eigenvalue weighted by atomic mass is 32.1. The summed E-state index contributed by atoms with van der Waals surface area (Å²) in [7, 11) is 0. The van der Waals surface area contributed by atoms with E-state index in [9.17, 15) is 24.0 Å². The molecule has 0 saturated carbocycles. The highest BCUT2D eigenvalue weighted by Gasteiger charge is 2.29. The molecule has 0 bridgehead atoms. The SMILES string of the molecule is NC(=O)CNC(=O)CC1CCCc2sc3nc(C(=O)NCc4ccc5c(c4)NC(=O)CO5)[nH]c(=O)c3c21. The van der Waals surface area contributed by atoms with Crippen LogP contribution in [0.1, 0.15) is 51.8 Å². The predicted molar refractivity (Wildman–Crippen MR) is 134 cm³/mol. The number of thiophene rings is 1. The van der Waals surface area contributed by atoms with Crippen molar-refractivity contribution in [1.29, 1.82) is 0 Å². The van der Waals surface area contributed by atoms with Crippen LogP contribution in [0, 0.1) is 0 Å². The molecule has 1 aliphatic carbocycles. The predicted octanol–water partition coefficient (Wildman–Crippen LogP) is 0.657. The molecule has 1 aromatic carbocycles. The van der Waals surface area contributed by atoms with Gasteiger partial charge in [0, 0.05) is 17.8 Å². The zero-order valence-corrected chi connectivity index (χ0v) is 20.5. The van der Waals surface area contributed by atoms with Crippen LogP contribution in [0.15, 0.2) is 23.0 Å². The summed E-state index contributed by atoms with van der Waals surface area (Å²) in [5, 5.41) is 8.34. The van der Waals surface area contributed by atoms with Crippen molar-refractivity contribution in [3.05, 3.63) is 50.4 Å². The molecule has 37 heavy (non-hydrogen) atoms. The Morgan fingerprint density at radius 1 is 1.22 bits per heavy atom. The first-order chi connectivity index (χ1) is 17.8. The molecule has 192 valence electrons. The van der Waals surface area contributed by atoms with Crippen molar-refractivity contribution in [2.75, 3.05) is 18.5 Å². The van der Waals surface area contributed by atoms with Crippen molar-refractivity contribution in [3.8, 4) is 5.75 Å². The molecule has 0 saturated heterocycles. The molecule has 1 unspecified atom stereocenters. The summed E-state index contributed by atoms with van der Waals surface area (Å²) in [6.07, 6.45) is 2.46. The summed E-state index contributed by atoms with van der Waals surface area (Å²) >= 11 is 1.35. The smallest absolute Gasteiger partial charge is 0.287 e. The quantitative estimate of drug-likeness (QED) is 0.300. The maximum atomic E-state index is 13.1. The van der Waals surface area contributed by atoms with Gasteiger partial charge >= 0.3 is 0 Å². The van der Waals surface area contributed by atoms with Gasteiger partial charge in [-0.15, -0.1) is 11.3 Å². The summed E-state index contributed by atoms with van der Waals surface area (Å²) < 4.78 is 5.34. The summed E-state index contributed by atoms with van der Waals surface area (Å²) in [4.78, 5) is 69.1. The minimum Gasteiger partial charge on any atom is -0.482 e. The van der Waals surface area contributed by atoms with Crippen molar-refractivity contribution in [1.82, 2.24) is 20.6 Å². The molecular formula is C24H24N6O6S. The van der Waals surface area contributed by atoms with E-state index in [0.717, 1.165) is 35.3 Å². The van der Waals surface area contributed by atoms with E-state index >= 15 is 0 Å². The number of nitrogens with zero attached hydrogens (tertiary/aromatic N) is 1. The van der Waals surface area contributed by atoms with Gasteiger partial charge in [0.25, 0.3) is 17.4 Å². The van der Waals surface area contributed by atoms with Crippen molar-refractivity contribution in [3.63, 3.8) is 0 Å². The van der Waals surface area contributed by atoms with E-state index in [1.165, 1.54) is 11.3 Å². The van der Waals surface area contributed by atoms with Crippen molar-refractivity contribution < 1.29 is 23.9 Å². The van der Waals surface area contributed by atoms with Crippen LogP contribution in [-0.4, -0.2) is 46.7 Å². The van der Waals surface area contributed by atoms with Gasteiger partial charge in [-0.05, 0) is 48.4 Å². The molecule has 4 amide bonds. The monoisotopic (exact) mass is 524 g/mol. The normalized spacial score (nSPS) is 16.2. The van der Waals surface area contributed by atoms with Gasteiger partial charge in [-0.3, -0.25) is 24.0 Å². The number of fused-ring (bicyclic) bond motifs is 4. The third-order valence-corrected chi connectivity index (χ3v) is 7.44. The fourth-order valence-electron chi connectivity index (χ4n) is 4.65. The highest BCUT2D eigenvalue weighted by Crippen LogP contribution is 2.41. The third kappa shape index (κ3) is 5.16. The number of H-pyrrole nitrogens is 1. The Labute approximate surface area is 214 Å². The molecule has 0 fully saturated rings. The molecule has 6 N–H and O–H groups in total. The Morgan fingerprint density at radius 3 is 2.86 bits per heavy atom.